The highest BCUT2D eigenvalue weighted by atomic mass is 14.1. The Labute approximate surface area is 78.1 Å². The van der Waals surface area contributed by atoms with Crippen LogP contribution in [0.3, 0.4) is 0 Å². The molecule has 0 aromatic carbocycles. The summed E-state index contributed by atoms with van der Waals surface area (Å²) in [6, 6.07) is 0. The molecular weight excluding hydrogens is 144 g/mol. The third-order valence-electron chi connectivity index (χ3n) is 2.59. The van der Waals surface area contributed by atoms with Gasteiger partial charge >= 0.3 is 0 Å². The fraction of sp³-hybridized carbons (Fsp3) is 0.833. The average Bonchev–Trinajstić information content (AvgIpc) is 2.10. The van der Waals surface area contributed by atoms with Crippen LogP contribution in [-0.4, -0.2) is 0 Å². The van der Waals surface area contributed by atoms with E-state index in [0.29, 0.717) is 0 Å². The maximum Gasteiger partial charge on any atom is -0.0236 e. The first-order chi connectivity index (χ1) is 5.72. The van der Waals surface area contributed by atoms with Crippen molar-refractivity contribution in [1.29, 1.82) is 0 Å². The minimum Gasteiger partial charge on any atom is -0.0885 e. The molecule has 0 radical (unpaired) electrons. The molecule has 0 N–H and O–H groups in total. The molecule has 0 heteroatoms. The molecule has 0 saturated carbocycles. The Morgan fingerprint density at radius 3 is 2.33 bits per heavy atom. The zero-order valence-corrected chi connectivity index (χ0v) is 9.14. The van der Waals surface area contributed by atoms with Gasteiger partial charge in [0.25, 0.3) is 0 Å². The van der Waals surface area contributed by atoms with Gasteiger partial charge in [-0.25, -0.2) is 0 Å². The highest BCUT2D eigenvalue weighted by Crippen LogP contribution is 2.18. The van der Waals surface area contributed by atoms with Gasteiger partial charge in [-0.3, -0.25) is 0 Å². The molecule has 2 unspecified atom stereocenters. The summed E-state index contributed by atoms with van der Waals surface area (Å²) in [4.78, 5) is 0. The fourth-order valence-electron chi connectivity index (χ4n) is 1.33. The summed E-state index contributed by atoms with van der Waals surface area (Å²) in [6.45, 7) is 9.14. The standard InChI is InChI=1S/C12H24/c1-5-7-9-11(3)12(4)10-8-6-2/h7,9,11-12H,5-6,8,10H2,1-4H3. The molecule has 0 nitrogen and oxygen atoms in total. The first-order valence-electron chi connectivity index (χ1n) is 5.39. The van der Waals surface area contributed by atoms with Crippen molar-refractivity contribution in [2.45, 2.75) is 53.4 Å². The van der Waals surface area contributed by atoms with E-state index in [0.717, 1.165) is 11.8 Å². The van der Waals surface area contributed by atoms with Gasteiger partial charge in [0.2, 0.25) is 0 Å². The predicted molar refractivity (Wildman–Crippen MR) is 57.3 cm³/mol. The highest BCUT2D eigenvalue weighted by molar-refractivity contribution is 4.87. The van der Waals surface area contributed by atoms with Crippen LogP contribution >= 0.6 is 0 Å². The Morgan fingerprint density at radius 2 is 1.83 bits per heavy atom. The Hall–Kier alpha value is -0.260. The minimum absolute atomic E-state index is 0.761. The summed E-state index contributed by atoms with van der Waals surface area (Å²) in [6.07, 6.45) is 9.91. The molecule has 0 saturated heterocycles. The van der Waals surface area contributed by atoms with E-state index in [9.17, 15) is 0 Å². The summed E-state index contributed by atoms with van der Waals surface area (Å²) in [5.74, 6) is 1.62. The predicted octanol–water partition coefficient (Wildman–Crippen LogP) is 4.42. The molecule has 0 heterocycles. The van der Waals surface area contributed by atoms with Crippen molar-refractivity contribution < 1.29 is 0 Å². The van der Waals surface area contributed by atoms with Gasteiger partial charge in [-0.1, -0.05) is 59.1 Å². The van der Waals surface area contributed by atoms with Crippen molar-refractivity contribution in [2.24, 2.45) is 11.8 Å². The lowest BCUT2D eigenvalue weighted by Crippen LogP contribution is -2.04. The lowest BCUT2D eigenvalue weighted by Gasteiger charge is -2.15. The van der Waals surface area contributed by atoms with Gasteiger partial charge in [0.05, 0.1) is 0 Å². The molecule has 0 fully saturated rings. The smallest absolute Gasteiger partial charge is 0.0236 e. The second kappa shape index (κ2) is 7.39. The molecule has 72 valence electrons. The molecule has 0 rings (SSSR count). The maximum atomic E-state index is 2.36. The average molecular weight is 168 g/mol. The molecule has 0 spiro atoms. The molecule has 0 amide bonds. The molecule has 0 aliphatic carbocycles. The molecule has 12 heavy (non-hydrogen) atoms. The normalized spacial score (nSPS) is 16.7. The third-order valence-corrected chi connectivity index (χ3v) is 2.59. The number of hydrogen-bond donors (Lipinski definition) is 0. The summed E-state index contributed by atoms with van der Waals surface area (Å²) in [5.41, 5.74) is 0. The number of rotatable bonds is 6. The third kappa shape index (κ3) is 5.40. The van der Waals surface area contributed by atoms with Crippen molar-refractivity contribution in [2.75, 3.05) is 0 Å². The molecule has 0 aliphatic rings. The van der Waals surface area contributed by atoms with Gasteiger partial charge in [0, 0.05) is 0 Å². The van der Waals surface area contributed by atoms with Gasteiger partial charge in [-0.2, -0.15) is 0 Å². The topological polar surface area (TPSA) is 0 Å². The van der Waals surface area contributed by atoms with E-state index >= 15 is 0 Å². The van der Waals surface area contributed by atoms with Gasteiger partial charge in [-0.05, 0) is 18.3 Å². The van der Waals surface area contributed by atoms with E-state index in [1.807, 2.05) is 0 Å². The zero-order chi connectivity index (χ0) is 9.40. The van der Waals surface area contributed by atoms with Crippen LogP contribution in [0.1, 0.15) is 53.4 Å². The SMILES string of the molecule is CCC=CC(C)C(C)CCCC. The fourth-order valence-corrected chi connectivity index (χ4v) is 1.33. The quantitative estimate of drug-likeness (QED) is 0.515. The van der Waals surface area contributed by atoms with E-state index in [1.54, 1.807) is 0 Å². The summed E-state index contributed by atoms with van der Waals surface area (Å²) in [5, 5.41) is 0. The lowest BCUT2D eigenvalue weighted by atomic mass is 9.91. The van der Waals surface area contributed by atoms with E-state index in [1.165, 1.54) is 25.7 Å². The van der Waals surface area contributed by atoms with E-state index < -0.39 is 0 Å². The molecule has 0 bridgehead atoms. The molecule has 0 aromatic rings. The van der Waals surface area contributed by atoms with Crippen molar-refractivity contribution in [1.82, 2.24) is 0 Å². The number of unbranched alkanes of at least 4 members (excludes halogenated alkanes) is 1. The van der Waals surface area contributed by atoms with Crippen LogP contribution in [0.15, 0.2) is 12.2 Å². The van der Waals surface area contributed by atoms with Crippen molar-refractivity contribution >= 4 is 0 Å². The van der Waals surface area contributed by atoms with Crippen LogP contribution in [0.2, 0.25) is 0 Å². The van der Waals surface area contributed by atoms with Crippen LogP contribution in [0.4, 0.5) is 0 Å². The van der Waals surface area contributed by atoms with Gasteiger partial charge < -0.3 is 0 Å². The Bertz CT molecular complexity index is 113. The molecule has 2 atom stereocenters. The van der Waals surface area contributed by atoms with Crippen LogP contribution in [-0.2, 0) is 0 Å². The zero-order valence-electron chi connectivity index (χ0n) is 9.14. The Morgan fingerprint density at radius 1 is 1.17 bits per heavy atom. The van der Waals surface area contributed by atoms with Crippen molar-refractivity contribution in [3.8, 4) is 0 Å². The van der Waals surface area contributed by atoms with Gasteiger partial charge in [0.1, 0.15) is 0 Å². The monoisotopic (exact) mass is 168 g/mol. The maximum absolute atomic E-state index is 2.36. The first-order valence-corrected chi connectivity index (χ1v) is 5.39. The molecular formula is C12H24. The molecule has 0 aliphatic heterocycles. The lowest BCUT2D eigenvalue weighted by molar-refractivity contribution is 0.413. The van der Waals surface area contributed by atoms with Crippen molar-refractivity contribution in [3.63, 3.8) is 0 Å². The second-order valence-electron chi connectivity index (χ2n) is 3.82. The van der Waals surface area contributed by atoms with Gasteiger partial charge in [0.15, 0.2) is 0 Å². The Balaban J connectivity index is 3.60. The highest BCUT2D eigenvalue weighted by Gasteiger charge is 2.07. The largest absolute Gasteiger partial charge is 0.0885 e. The van der Waals surface area contributed by atoms with Crippen molar-refractivity contribution in [3.05, 3.63) is 12.2 Å². The number of hydrogen-bond acceptors (Lipinski definition) is 0. The summed E-state index contributed by atoms with van der Waals surface area (Å²) in [7, 11) is 0. The van der Waals surface area contributed by atoms with E-state index in [-0.39, 0.29) is 0 Å². The van der Waals surface area contributed by atoms with E-state index in [2.05, 4.69) is 39.8 Å². The van der Waals surface area contributed by atoms with Crippen LogP contribution < -0.4 is 0 Å². The van der Waals surface area contributed by atoms with Crippen LogP contribution in [0.5, 0.6) is 0 Å². The van der Waals surface area contributed by atoms with Crippen LogP contribution in [0, 0.1) is 11.8 Å². The Kier molecular flexibility index (Phi) is 7.23. The van der Waals surface area contributed by atoms with Crippen LogP contribution in [0.25, 0.3) is 0 Å². The number of allylic oxidation sites excluding steroid dienone is 2. The summed E-state index contributed by atoms with van der Waals surface area (Å²) < 4.78 is 0. The molecule has 0 aromatic heterocycles. The summed E-state index contributed by atoms with van der Waals surface area (Å²) >= 11 is 0. The first kappa shape index (κ1) is 11.7. The second-order valence-corrected chi connectivity index (χ2v) is 3.82. The van der Waals surface area contributed by atoms with E-state index in [4.69, 9.17) is 0 Å². The minimum atomic E-state index is 0.761. The van der Waals surface area contributed by atoms with Gasteiger partial charge in [-0.15, -0.1) is 0 Å².